The summed E-state index contributed by atoms with van der Waals surface area (Å²) in [6.07, 6.45) is 1.60. The molecule has 0 bridgehead atoms. The third-order valence-electron chi connectivity index (χ3n) is 5.58. The minimum Gasteiger partial charge on any atom is -0.497 e. The van der Waals surface area contributed by atoms with E-state index in [2.05, 4.69) is 5.32 Å². The zero-order valence-corrected chi connectivity index (χ0v) is 16.2. The van der Waals surface area contributed by atoms with E-state index < -0.39 is 5.41 Å². The summed E-state index contributed by atoms with van der Waals surface area (Å²) in [6, 6.07) is 11.8. The quantitative estimate of drug-likeness (QED) is 0.812. The minimum atomic E-state index is -0.492. The van der Waals surface area contributed by atoms with Crippen LogP contribution in [0, 0.1) is 5.82 Å². The van der Waals surface area contributed by atoms with Crippen molar-refractivity contribution in [3.63, 3.8) is 0 Å². The lowest BCUT2D eigenvalue weighted by molar-refractivity contribution is -0.133. The third kappa shape index (κ3) is 3.90. The van der Waals surface area contributed by atoms with Crippen LogP contribution in [0.2, 0.25) is 0 Å². The number of amides is 2. The van der Waals surface area contributed by atoms with Crippen LogP contribution in [0.25, 0.3) is 0 Å². The second-order valence-corrected chi connectivity index (χ2v) is 7.42. The maximum atomic E-state index is 13.5. The van der Waals surface area contributed by atoms with Crippen molar-refractivity contribution in [2.24, 2.45) is 0 Å². The topological polar surface area (TPSA) is 67.9 Å². The van der Waals surface area contributed by atoms with Crippen LogP contribution in [0.5, 0.6) is 11.5 Å². The van der Waals surface area contributed by atoms with Crippen molar-refractivity contribution >= 4 is 11.8 Å². The molecule has 1 aliphatic carbocycles. The zero-order chi connectivity index (χ0) is 20.4. The van der Waals surface area contributed by atoms with Gasteiger partial charge in [-0.05, 0) is 48.7 Å². The van der Waals surface area contributed by atoms with Gasteiger partial charge in [0, 0.05) is 25.2 Å². The van der Waals surface area contributed by atoms with E-state index in [0.717, 1.165) is 24.2 Å². The average molecular weight is 398 g/mol. The van der Waals surface area contributed by atoms with E-state index in [1.807, 2.05) is 24.3 Å². The van der Waals surface area contributed by atoms with Crippen LogP contribution < -0.4 is 14.8 Å². The number of carbonyl (C=O) groups excluding carboxylic acids is 2. The lowest BCUT2D eigenvalue weighted by Gasteiger charge is -2.22. The number of nitrogens with one attached hydrogen (secondary N) is 1. The summed E-state index contributed by atoms with van der Waals surface area (Å²) in [5.41, 5.74) is 1.10. The van der Waals surface area contributed by atoms with E-state index in [-0.39, 0.29) is 30.8 Å². The lowest BCUT2D eigenvalue weighted by atomic mass is 9.95. The highest BCUT2D eigenvalue weighted by molar-refractivity contribution is 5.91. The molecule has 1 aliphatic heterocycles. The van der Waals surface area contributed by atoms with E-state index in [1.54, 1.807) is 12.0 Å². The molecular formula is C22H23FN2O4. The normalized spacial score (nSPS) is 17.0. The molecule has 1 heterocycles. The number of nitrogens with zero attached hydrogens (tertiary/aromatic N) is 1. The van der Waals surface area contributed by atoms with Crippen LogP contribution >= 0.6 is 0 Å². The SMILES string of the molecule is COc1ccc(C2(C(=O)NCCN3Cc4cc(F)ccc4OCC3=O)CC2)cc1. The van der Waals surface area contributed by atoms with Gasteiger partial charge in [0.2, 0.25) is 5.91 Å². The molecular weight excluding hydrogens is 375 g/mol. The lowest BCUT2D eigenvalue weighted by Crippen LogP contribution is -2.42. The van der Waals surface area contributed by atoms with E-state index in [0.29, 0.717) is 24.4 Å². The van der Waals surface area contributed by atoms with Gasteiger partial charge in [0.15, 0.2) is 6.61 Å². The van der Waals surface area contributed by atoms with Gasteiger partial charge in [0.1, 0.15) is 17.3 Å². The van der Waals surface area contributed by atoms with Crippen molar-refractivity contribution in [1.82, 2.24) is 10.2 Å². The van der Waals surface area contributed by atoms with Crippen LogP contribution in [-0.4, -0.2) is 43.5 Å². The molecule has 1 saturated carbocycles. The number of halogens is 1. The van der Waals surface area contributed by atoms with Crippen molar-refractivity contribution in [3.05, 3.63) is 59.4 Å². The Bertz CT molecular complexity index is 925. The van der Waals surface area contributed by atoms with Gasteiger partial charge < -0.3 is 19.7 Å². The van der Waals surface area contributed by atoms with Crippen molar-refractivity contribution in [3.8, 4) is 11.5 Å². The number of rotatable bonds is 6. The van der Waals surface area contributed by atoms with E-state index >= 15 is 0 Å². The van der Waals surface area contributed by atoms with Crippen LogP contribution in [0.3, 0.4) is 0 Å². The first-order valence-corrected chi connectivity index (χ1v) is 9.64. The van der Waals surface area contributed by atoms with Gasteiger partial charge in [-0.2, -0.15) is 0 Å². The monoisotopic (exact) mass is 398 g/mol. The molecule has 0 aromatic heterocycles. The van der Waals surface area contributed by atoms with Crippen LogP contribution in [0.1, 0.15) is 24.0 Å². The molecule has 1 N–H and O–H groups in total. The molecule has 29 heavy (non-hydrogen) atoms. The van der Waals surface area contributed by atoms with Crippen molar-refractivity contribution in [2.75, 3.05) is 26.8 Å². The molecule has 152 valence electrons. The minimum absolute atomic E-state index is 0.0346. The summed E-state index contributed by atoms with van der Waals surface area (Å²) in [4.78, 5) is 26.7. The number of ether oxygens (including phenoxy) is 2. The number of methoxy groups -OCH3 is 1. The Labute approximate surface area is 168 Å². The van der Waals surface area contributed by atoms with Crippen LogP contribution in [0.15, 0.2) is 42.5 Å². The van der Waals surface area contributed by atoms with Crippen molar-refractivity contribution in [2.45, 2.75) is 24.8 Å². The van der Waals surface area contributed by atoms with E-state index in [9.17, 15) is 14.0 Å². The maximum absolute atomic E-state index is 13.5. The Morgan fingerprint density at radius 3 is 2.69 bits per heavy atom. The summed E-state index contributed by atoms with van der Waals surface area (Å²) in [5.74, 6) is 0.677. The molecule has 2 aromatic carbocycles. The first-order valence-electron chi connectivity index (χ1n) is 9.64. The Hall–Kier alpha value is -3.09. The van der Waals surface area contributed by atoms with Crippen LogP contribution in [0.4, 0.5) is 4.39 Å². The van der Waals surface area contributed by atoms with Crippen LogP contribution in [-0.2, 0) is 21.5 Å². The predicted octanol–water partition coefficient (Wildman–Crippen LogP) is 2.40. The second-order valence-electron chi connectivity index (χ2n) is 7.42. The molecule has 0 unspecified atom stereocenters. The number of fused-ring (bicyclic) bond motifs is 1. The highest BCUT2D eigenvalue weighted by Gasteiger charge is 2.51. The molecule has 4 rings (SSSR count). The standard InChI is InChI=1S/C22H23FN2O4/c1-28-18-5-2-16(3-6-18)22(8-9-22)21(27)24-10-11-25-13-15-12-17(23)4-7-19(15)29-14-20(25)26/h2-7,12H,8-11,13-14H2,1H3,(H,24,27). The van der Waals surface area contributed by atoms with Crippen molar-refractivity contribution < 1.29 is 23.5 Å². The summed E-state index contributed by atoms with van der Waals surface area (Å²) >= 11 is 0. The molecule has 7 heteroatoms. The molecule has 0 spiro atoms. The highest BCUT2D eigenvalue weighted by atomic mass is 19.1. The summed E-state index contributed by atoms with van der Waals surface area (Å²) in [7, 11) is 1.61. The molecule has 1 fully saturated rings. The molecule has 2 aromatic rings. The van der Waals surface area contributed by atoms with Gasteiger partial charge in [0.25, 0.3) is 5.91 Å². The fraction of sp³-hybridized carbons (Fsp3) is 0.364. The summed E-state index contributed by atoms with van der Waals surface area (Å²) in [5, 5.41) is 2.96. The van der Waals surface area contributed by atoms with Gasteiger partial charge in [-0.1, -0.05) is 12.1 Å². The number of hydrogen-bond donors (Lipinski definition) is 1. The predicted molar refractivity (Wildman–Crippen MR) is 104 cm³/mol. The summed E-state index contributed by atoms with van der Waals surface area (Å²) in [6.45, 7) is 0.823. The average Bonchev–Trinajstić information content (AvgIpc) is 3.55. The smallest absolute Gasteiger partial charge is 0.260 e. The summed E-state index contributed by atoms with van der Waals surface area (Å²) < 4.78 is 24.2. The van der Waals surface area contributed by atoms with Gasteiger partial charge in [-0.25, -0.2) is 4.39 Å². The molecule has 0 saturated heterocycles. The maximum Gasteiger partial charge on any atom is 0.260 e. The van der Waals surface area contributed by atoms with Gasteiger partial charge in [-0.15, -0.1) is 0 Å². The van der Waals surface area contributed by atoms with Gasteiger partial charge in [0.05, 0.1) is 12.5 Å². The fourth-order valence-electron chi connectivity index (χ4n) is 3.70. The van der Waals surface area contributed by atoms with Gasteiger partial charge >= 0.3 is 0 Å². The number of benzene rings is 2. The van der Waals surface area contributed by atoms with Gasteiger partial charge in [-0.3, -0.25) is 9.59 Å². The van der Waals surface area contributed by atoms with E-state index in [1.165, 1.54) is 18.2 Å². The number of carbonyl (C=O) groups is 2. The molecule has 0 atom stereocenters. The third-order valence-corrected chi connectivity index (χ3v) is 5.58. The highest BCUT2D eigenvalue weighted by Crippen LogP contribution is 2.48. The second kappa shape index (κ2) is 7.73. The van der Waals surface area contributed by atoms with E-state index in [4.69, 9.17) is 9.47 Å². The molecule has 2 amide bonds. The Balaban J connectivity index is 1.36. The first kappa shape index (κ1) is 19.2. The molecule has 6 nitrogen and oxygen atoms in total. The molecule has 0 radical (unpaired) electrons. The van der Waals surface area contributed by atoms with Crippen molar-refractivity contribution in [1.29, 1.82) is 0 Å². The molecule has 2 aliphatic rings. The Kier molecular flexibility index (Phi) is 5.13. The Morgan fingerprint density at radius 2 is 2.00 bits per heavy atom. The first-order chi connectivity index (χ1) is 14.0. The zero-order valence-electron chi connectivity index (χ0n) is 16.2. The fourth-order valence-corrected chi connectivity index (χ4v) is 3.70. The largest absolute Gasteiger partial charge is 0.497 e. The number of hydrogen-bond acceptors (Lipinski definition) is 4. The Morgan fingerprint density at radius 1 is 1.24 bits per heavy atom.